The number of aryl methyl sites for hydroxylation is 1. The van der Waals surface area contributed by atoms with Gasteiger partial charge in [0.2, 0.25) is 0 Å². The van der Waals surface area contributed by atoms with Crippen LogP contribution in [0.3, 0.4) is 0 Å². The lowest BCUT2D eigenvalue weighted by atomic mass is 10.1. The molecule has 19 heavy (non-hydrogen) atoms. The first-order valence-electron chi connectivity index (χ1n) is 5.89. The van der Waals surface area contributed by atoms with Crippen LogP contribution < -0.4 is 5.69 Å². The van der Waals surface area contributed by atoms with E-state index >= 15 is 0 Å². The molecule has 0 radical (unpaired) electrons. The summed E-state index contributed by atoms with van der Waals surface area (Å²) < 4.78 is 0. The minimum absolute atomic E-state index is 0.216. The van der Waals surface area contributed by atoms with E-state index in [1.165, 1.54) is 0 Å². The number of benzene rings is 1. The van der Waals surface area contributed by atoms with Crippen LogP contribution in [0, 0.1) is 11.3 Å². The van der Waals surface area contributed by atoms with Crippen LogP contribution in [0.25, 0.3) is 22.3 Å². The van der Waals surface area contributed by atoms with Gasteiger partial charge < -0.3 is 15.0 Å². The molecular formula is C13H11N5O. The molecule has 0 amide bonds. The number of imidazole rings is 2. The number of aromatic nitrogens is 4. The number of nitriles is 1. The van der Waals surface area contributed by atoms with E-state index < -0.39 is 0 Å². The minimum atomic E-state index is -0.216. The Morgan fingerprint density at radius 2 is 2.05 bits per heavy atom. The molecule has 0 saturated carbocycles. The lowest BCUT2D eigenvalue weighted by Gasteiger charge is -1.97. The second-order valence-corrected chi connectivity index (χ2v) is 4.24. The third-order valence-electron chi connectivity index (χ3n) is 2.93. The summed E-state index contributed by atoms with van der Waals surface area (Å²) in [4.78, 5) is 24.0. The first-order chi connectivity index (χ1) is 9.26. The van der Waals surface area contributed by atoms with Crippen LogP contribution in [-0.4, -0.2) is 19.9 Å². The van der Waals surface area contributed by atoms with Gasteiger partial charge in [-0.05, 0) is 12.1 Å². The smallest absolute Gasteiger partial charge is 0.323 e. The average Bonchev–Trinajstić information content (AvgIpc) is 3.00. The summed E-state index contributed by atoms with van der Waals surface area (Å²) in [5, 5.41) is 8.54. The van der Waals surface area contributed by atoms with Crippen LogP contribution in [0.4, 0.5) is 0 Å². The van der Waals surface area contributed by atoms with E-state index in [4.69, 9.17) is 5.26 Å². The van der Waals surface area contributed by atoms with Crippen molar-refractivity contribution >= 4 is 11.0 Å². The van der Waals surface area contributed by atoms with Crippen molar-refractivity contribution in [1.82, 2.24) is 19.9 Å². The summed E-state index contributed by atoms with van der Waals surface area (Å²) in [5.74, 6) is 0.791. The van der Waals surface area contributed by atoms with Gasteiger partial charge in [0.1, 0.15) is 5.82 Å². The number of nitrogens with one attached hydrogen (secondary N) is 3. The van der Waals surface area contributed by atoms with Gasteiger partial charge in [0.25, 0.3) is 0 Å². The number of fused-ring (bicyclic) bond motifs is 1. The maximum atomic E-state index is 11.2. The number of hydrogen-bond donors (Lipinski definition) is 3. The zero-order valence-electron chi connectivity index (χ0n) is 10.0. The number of rotatable bonds is 3. The highest BCUT2D eigenvalue weighted by Crippen LogP contribution is 2.20. The third-order valence-corrected chi connectivity index (χ3v) is 2.93. The van der Waals surface area contributed by atoms with E-state index in [0.29, 0.717) is 12.8 Å². The Kier molecular flexibility index (Phi) is 2.65. The largest absolute Gasteiger partial charge is 0.342 e. The average molecular weight is 253 g/mol. The first-order valence-corrected chi connectivity index (χ1v) is 5.89. The van der Waals surface area contributed by atoms with E-state index in [0.717, 1.165) is 28.1 Å². The molecule has 3 aromatic rings. The summed E-state index contributed by atoms with van der Waals surface area (Å²) >= 11 is 0. The Hall–Kier alpha value is -2.81. The van der Waals surface area contributed by atoms with Crippen molar-refractivity contribution in [2.45, 2.75) is 12.8 Å². The standard InChI is InChI=1S/C13H11N5O/c14-5-1-2-12-15-7-11(16-12)8-3-4-9-10(6-8)18-13(19)17-9/h3-4,6-7H,1-2H2,(H,15,16)(H2,17,18,19). The molecule has 3 rings (SSSR count). The van der Waals surface area contributed by atoms with Crippen LogP contribution in [0.1, 0.15) is 12.2 Å². The van der Waals surface area contributed by atoms with E-state index in [9.17, 15) is 4.79 Å². The molecule has 0 saturated heterocycles. The van der Waals surface area contributed by atoms with Crippen molar-refractivity contribution in [2.75, 3.05) is 0 Å². The summed E-state index contributed by atoms with van der Waals surface area (Å²) in [6.45, 7) is 0. The minimum Gasteiger partial charge on any atom is -0.342 e. The van der Waals surface area contributed by atoms with Crippen molar-refractivity contribution in [3.63, 3.8) is 0 Å². The molecule has 0 aliphatic heterocycles. The van der Waals surface area contributed by atoms with Crippen LogP contribution in [0.15, 0.2) is 29.2 Å². The molecule has 94 valence electrons. The zero-order valence-corrected chi connectivity index (χ0v) is 10.0. The van der Waals surface area contributed by atoms with Gasteiger partial charge >= 0.3 is 5.69 Å². The molecule has 0 fully saturated rings. The molecule has 0 bridgehead atoms. The summed E-state index contributed by atoms with van der Waals surface area (Å²) in [5.41, 5.74) is 3.13. The predicted octanol–water partition coefficient (Wildman–Crippen LogP) is 1.70. The molecule has 0 spiro atoms. The number of nitrogens with zero attached hydrogens (tertiary/aromatic N) is 2. The quantitative estimate of drug-likeness (QED) is 0.662. The first kappa shape index (κ1) is 11.3. The Labute approximate surface area is 108 Å². The molecule has 0 unspecified atom stereocenters. The van der Waals surface area contributed by atoms with Gasteiger partial charge in [-0.1, -0.05) is 6.07 Å². The molecule has 6 heteroatoms. The Bertz CT molecular complexity index is 817. The van der Waals surface area contributed by atoms with Gasteiger partial charge in [0, 0.05) is 18.4 Å². The maximum Gasteiger partial charge on any atom is 0.323 e. The molecule has 1 aromatic carbocycles. The molecule has 2 heterocycles. The highest BCUT2D eigenvalue weighted by Gasteiger charge is 2.05. The Morgan fingerprint density at radius 3 is 2.89 bits per heavy atom. The van der Waals surface area contributed by atoms with Crippen molar-refractivity contribution in [2.24, 2.45) is 0 Å². The summed E-state index contributed by atoms with van der Waals surface area (Å²) in [6.07, 6.45) is 2.79. The highest BCUT2D eigenvalue weighted by atomic mass is 16.1. The fourth-order valence-electron chi connectivity index (χ4n) is 2.01. The van der Waals surface area contributed by atoms with Gasteiger partial charge in [0.05, 0.1) is 29.0 Å². The number of H-pyrrole nitrogens is 3. The normalized spacial score (nSPS) is 10.7. The molecule has 0 atom stereocenters. The third kappa shape index (κ3) is 2.13. The fraction of sp³-hybridized carbons (Fsp3) is 0.154. The Balaban J connectivity index is 1.97. The molecule has 3 N–H and O–H groups in total. The van der Waals surface area contributed by atoms with Crippen LogP contribution in [0.2, 0.25) is 0 Å². The number of aromatic amines is 3. The maximum absolute atomic E-state index is 11.2. The van der Waals surface area contributed by atoms with Gasteiger partial charge in [-0.2, -0.15) is 5.26 Å². The molecule has 0 aliphatic rings. The van der Waals surface area contributed by atoms with Crippen LogP contribution in [-0.2, 0) is 6.42 Å². The molecule has 0 aliphatic carbocycles. The van der Waals surface area contributed by atoms with E-state index in [1.807, 2.05) is 18.2 Å². The number of hydrogen-bond acceptors (Lipinski definition) is 3. The van der Waals surface area contributed by atoms with Gasteiger partial charge in [-0.25, -0.2) is 9.78 Å². The lowest BCUT2D eigenvalue weighted by molar-refractivity contribution is 0.918. The lowest BCUT2D eigenvalue weighted by Crippen LogP contribution is -1.99. The van der Waals surface area contributed by atoms with Crippen molar-refractivity contribution in [3.8, 4) is 17.3 Å². The van der Waals surface area contributed by atoms with Gasteiger partial charge in [-0.3, -0.25) is 0 Å². The topological polar surface area (TPSA) is 101 Å². The van der Waals surface area contributed by atoms with Gasteiger partial charge in [0.15, 0.2) is 0 Å². The second kappa shape index (κ2) is 4.46. The van der Waals surface area contributed by atoms with Gasteiger partial charge in [-0.15, -0.1) is 0 Å². The van der Waals surface area contributed by atoms with Crippen molar-refractivity contribution in [3.05, 3.63) is 40.7 Å². The van der Waals surface area contributed by atoms with E-state index in [1.54, 1.807) is 6.20 Å². The van der Waals surface area contributed by atoms with Crippen LogP contribution in [0.5, 0.6) is 0 Å². The zero-order chi connectivity index (χ0) is 13.2. The summed E-state index contributed by atoms with van der Waals surface area (Å²) in [6, 6.07) is 7.73. The second-order valence-electron chi connectivity index (χ2n) is 4.24. The molecule has 6 nitrogen and oxygen atoms in total. The summed E-state index contributed by atoms with van der Waals surface area (Å²) in [7, 11) is 0. The van der Waals surface area contributed by atoms with E-state index in [-0.39, 0.29) is 5.69 Å². The predicted molar refractivity (Wildman–Crippen MR) is 70.4 cm³/mol. The molecule has 2 aromatic heterocycles. The van der Waals surface area contributed by atoms with Crippen molar-refractivity contribution < 1.29 is 0 Å². The van der Waals surface area contributed by atoms with E-state index in [2.05, 4.69) is 26.0 Å². The SMILES string of the molecule is N#CCCc1ncc(-c2ccc3[nH]c(=O)[nH]c3c2)[nH]1. The van der Waals surface area contributed by atoms with Crippen molar-refractivity contribution in [1.29, 1.82) is 5.26 Å². The Morgan fingerprint density at radius 1 is 1.21 bits per heavy atom. The highest BCUT2D eigenvalue weighted by molar-refractivity contribution is 5.80. The van der Waals surface area contributed by atoms with Crippen LogP contribution >= 0.6 is 0 Å². The monoisotopic (exact) mass is 253 g/mol. The molecular weight excluding hydrogens is 242 g/mol. The fourth-order valence-corrected chi connectivity index (χ4v) is 2.01.